The molecular weight excluding hydrogens is 204 g/mol. The van der Waals surface area contributed by atoms with E-state index in [0.717, 1.165) is 29.1 Å². The Hall–Kier alpha value is -1.77. The summed E-state index contributed by atoms with van der Waals surface area (Å²) in [5, 5.41) is 0. The number of ketones is 1. The second kappa shape index (κ2) is 4.39. The Morgan fingerprint density at radius 3 is 2.50 bits per heavy atom. The maximum Gasteiger partial charge on any atom is 0.156 e. The summed E-state index contributed by atoms with van der Waals surface area (Å²) in [7, 11) is 3.25. The van der Waals surface area contributed by atoms with Crippen LogP contribution in [0, 0.1) is 0 Å². The highest BCUT2D eigenvalue weighted by molar-refractivity contribution is 6.02. The molecule has 3 heteroatoms. The second-order valence-corrected chi connectivity index (χ2v) is 3.70. The fourth-order valence-electron chi connectivity index (χ4n) is 1.87. The van der Waals surface area contributed by atoms with E-state index in [2.05, 4.69) is 0 Å². The zero-order chi connectivity index (χ0) is 11.5. The van der Waals surface area contributed by atoms with Crippen LogP contribution in [0.25, 0.3) is 5.57 Å². The summed E-state index contributed by atoms with van der Waals surface area (Å²) in [4.78, 5) is 11.2. The lowest BCUT2D eigenvalue weighted by molar-refractivity contribution is -0.114. The van der Waals surface area contributed by atoms with Crippen molar-refractivity contribution in [2.45, 2.75) is 12.8 Å². The van der Waals surface area contributed by atoms with Crippen LogP contribution in [0.4, 0.5) is 0 Å². The predicted molar refractivity (Wildman–Crippen MR) is 61.8 cm³/mol. The summed E-state index contributed by atoms with van der Waals surface area (Å²) in [5.41, 5.74) is 1.98. The third-order valence-corrected chi connectivity index (χ3v) is 2.73. The van der Waals surface area contributed by atoms with E-state index >= 15 is 0 Å². The summed E-state index contributed by atoms with van der Waals surface area (Å²) < 4.78 is 10.5. The summed E-state index contributed by atoms with van der Waals surface area (Å²) in [6.07, 6.45) is 3.06. The number of carbonyl (C=O) groups excluding carboxylic acids is 1. The van der Waals surface area contributed by atoms with Crippen molar-refractivity contribution in [3.05, 3.63) is 29.8 Å². The number of allylic oxidation sites excluding steroid dienone is 2. The molecule has 0 radical (unpaired) electrons. The number of hydrogen-bond donors (Lipinski definition) is 0. The van der Waals surface area contributed by atoms with Crippen molar-refractivity contribution in [1.82, 2.24) is 0 Å². The molecule has 0 saturated carbocycles. The minimum atomic E-state index is 0.180. The topological polar surface area (TPSA) is 35.5 Å². The van der Waals surface area contributed by atoms with E-state index < -0.39 is 0 Å². The van der Waals surface area contributed by atoms with Crippen LogP contribution in [-0.4, -0.2) is 20.0 Å². The fraction of sp³-hybridized carbons (Fsp3) is 0.308. The summed E-state index contributed by atoms with van der Waals surface area (Å²) in [6.45, 7) is 0. The number of methoxy groups -OCH3 is 2. The fourth-order valence-corrected chi connectivity index (χ4v) is 1.87. The summed E-state index contributed by atoms with van der Waals surface area (Å²) >= 11 is 0. The molecule has 0 heterocycles. The van der Waals surface area contributed by atoms with E-state index in [4.69, 9.17) is 9.47 Å². The Kier molecular flexibility index (Phi) is 2.95. The molecule has 1 aromatic carbocycles. The van der Waals surface area contributed by atoms with Gasteiger partial charge in [0.15, 0.2) is 5.78 Å². The number of carbonyl (C=O) groups is 1. The molecule has 0 saturated heterocycles. The average Bonchev–Trinajstić information content (AvgIpc) is 2.75. The van der Waals surface area contributed by atoms with Gasteiger partial charge in [-0.15, -0.1) is 0 Å². The highest BCUT2D eigenvalue weighted by atomic mass is 16.5. The van der Waals surface area contributed by atoms with E-state index in [0.29, 0.717) is 6.42 Å². The Morgan fingerprint density at radius 1 is 1.12 bits per heavy atom. The number of rotatable bonds is 3. The van der Waals surface area contributed by atoms with Crippen molar-refractivity contribution in [2.24, 2.45) is 0 Å². The van der Waals surface area contributed by atoms with Crippen LogP contribution in [0.3, 0.4) is 0 Å². The molecule has 84 valence electrons. The van der Waals surface area contributed by atoms with Gasteiger partial charge in [0, 0.05) is 12.0 Å². The van der Waals surface area contributed by atoms with Gasteiger partial charge >= 0.3 is 0 Å². The van der Waals surface area contributed by atoms with Crippen LogP contribution in [-0.2, 0) is 4.79 Å². The lowest BCUT2D eigenvalue weighted by Gasteiger charge is -2.10. The minimum absolute atomic E-state index is 0.180. The molecule has 1 aromatic rings. The van der Waals surface area contributed by atoms with Gasteiger partial charge in [0.05, 0.1) is 14.2 Å². The predicted octanol–water partition coefficient (Wildman–Crippen LogP) is 2.45. The SMILES string of the molecule is COc1ccc(OC)c(C2=CC(=O)CC2)c1. The van der Waals surface area contributed by atoms with Gasteiger partial charge in [-0.2, -0.15) is 0 Å². The first-order valence-corrected chi connectivity index (χ1v) is 5.20. The molecule has 0 N–H and O–H groups in total. The van der Waals surface area contributed by atoms with Crippen LogP contribution in [0.1, 0.15) is 18.4 Å². The smallest absolute Gasteiger partial charge is 0.156 e. The van der Waals surface area contributed by atoms with Gasteiger partial charge in [-0.3, -0.25) is 4.79 Å². The monoisotopic (exact) mass is 218 g/mol. The zero-order valence-electron chi connectivity index (χ0n) is 9.45. The Balaban J connectivity index is 2.44. The van der Waals surface area contributed by atoms with Crippen molar-refractivity contribution < 1.29 is 14.3 Å². The maximum absolute atomic E-state index is 11.2. The lowest BCUT2D eigenvalue weighted by Crippen LogP contribution is -1.92. The van der Waals surface area contributed by atoms with Crippen LogP contribution in [0.15, 0.2) is 24.3 Å². The van der Waals surface area contributed by atoms with E-state index in [1.54, 1.807) is 20.3 Å². The largest absolute Gasteiger partial charge is 0.497 e. The molecule has 0 aromatic heterocycles. The van der Waals surface area contributed by atoms with Crippen LogP contribution >= 0.6 is 0 Å². The summed E-state index contributed by atoms with van der Waals surface area (Å²) in [5.74, 6) is 1.73. The molecule has 0 amide bonds. The van der Waals surface area contributed by atoms with E-state index in [9.17, 15) is 4.79 Å². The van der Waals surface area contributed by atoms with Gasteiger partial charge < -0.3 is 9.47 Å². The molecule has 0 atom stereocenters. The van der Waals surface area contributed by atoms with Crippen molar-refractivity contribution in [2.75, 3.05) is 14.2 Å². The molecule has 16 heavy (non-hydrogen) atoms. The van der Waals surface area contributed by atoms with Gasteiger partial charge in [-0.25, -0.2) is 0 Å². The molecule has 3 nitrogen and oxygen atoms in total. The third-order valence-electron chi connectivity index (χ3n) is 2.73. The molecule has 2 rings (SSSR count). The lowest BCUT2D eigenvalue weighted by atomic mass is 10.0. The van der Waals surface area contributed by atoms with Gasteiger partial charge in [-0.05, 0) is 36.3 Å². The second-order valence-electron chi connectivity index (χ2n) is 3.70. The van der Waals surface area contributed by atoms with Crippen molar-refractivity contribution in [3.8, 4) is 11.5 Å². The standard InChI is InChI=1S/C13H14O3/c1-15-11-5-6-13(16-2)12(8-11)9-3-4-10(14)7-9/h5-8H,3-4H2,1-2H3. The average molecular weight is 218 g/mol. The van der Waals surface area contributed by atoms with Gasteiger partial charge in [0.1, 0.15) is 11.5 Å². The molecule has 1 aliphatic carbocycles. The Labute approximate surface area is 94.7 Å². The van der Waals surface area contributed by atoms with Crippen molar-refractivity contribution in [3.63, 3.8) is 0 Å². The molecule has 0 bridgehead atoms. The number of benzene rings is 1. The highest BCUT2D eigenvalue weighted by Crippen LogP contribution is 2.34. The van der Waals surface area contributed by atoms with E-state index in [1.165, 1.54) is 0 Å². The number of hydrogen-bond acceptors (Lipinski definition) is 3. The zero-order valence-corrected chi connectivity index (χ0v) is 9.45. The molecule has 0 aliphatic heterocycles. The van der Waals surface area contributed by atoms with E-state index in [1.807, 2.05) is 18.2 Å². The van der Waals surface area contributed by atoms with Crippen LogP contribution < -0.4 is 9.47 Å². The minimum Gasteiger partial charge on any atom is -0.497 e. The van der Waals surface area contributed by atoms with Crippen molar-refractivity contribution in [1.29, 1.82) is 0 Å². The first-order chi connectivity index (χ1) is 7.74. The van der Waals surface area contributed by atoms with Crippen LogP contribution in [0.5, 0.6) is 11.5 Å². The maximum atomic E-state index is 11.2. The van der Waals surface area contributed by atoms with E-state index in [-0.39, 0.29) is 5.78 Å². The number of ether oxygens (including phenoxy) is 2. The van der Waals surface area contributed by atoms with Crippen molar-refractivity contribution >= 4 is 11.4 Å². The van der Waals surface area contributed by atoms with Gasteiger partial charge in [0.2, 0.25) is 0 Å². The quantitative estimate of drug-likeness (QED) is 0.781. The van der Waals surface area contributed by atoms with Crippen LogP contribution in [0.2, 0.25) is 0 Å². The Bertz CT molecular complexity index is 446. The molecule has 0 unspecified atom stereocenters. The third kappa shape index (κ3) is 1.94. The Morgan fingerprint density at radius 2 is 1.94 bits per heavy atom. The highest BCUT2D eigenvalue weighted by Gasteiger charge is 2.17. The molecule has 0 spiro atoms. The first kappa shape index (κ1) is 10.7. The summed E-state index contributed by atoms with van der Waals surface area (Å²) in [6, 6.07) is 5.61. The van der Waals surface area contributed by atoms with Gasteiger partial charge in [-0.1, -0.05) is 0 Å². The van der Waals surface area contributed by atoms with Gasteiger partial charge in [0.25, 0.3) is 0 Å². The molecule has 0 fully saturated rings. The normalized spacial score (nSPS) is 14.9. The molecule has 1 aliphatic rings. The first-order valence-electron chi connectivity index (χ1n) is 5.20. The molecular formula is C13H14O3.